The highest BCUT2D eigenvalue weighted by atomic mass is 16.5. The van der Waals surface area contributed by atoms with Crippen molar-refractivity contribution in [3.8, 4) is 11.5 Å². The van der Waals surface area contributed by atoms with Crippen LogP contribution in [0.15, 0.2) is 48.5 Å². The number of amides is 1. The Morgan fingerprint density at radius 1 is 1.19 bits per heavy atom. The number of rotatable bonds is 7. The predicted octanol–water partition coefficient (Wildman–Crippen LogP) is 3.70. The van der Waals surface area contributed by atoms with Crippen molar-refractivity contribution in [1.82, 2.24) is 4.90 Å². The van der Waals surface area contributed by atoms with Crippen molar-refractivity contribution in [1.29, 1.82) is 0 Å². The summed E-state index contributed by atoms with van der Waals surface area (Å²) in [4.78, 5) is 12.8. The monoisotopic (exact) mass is 371 g/mol. The largest absolute Gasteiger partial charge is 0.508 e. The van der Waals surface area contributed by atoms with Crippen molar-refractivity contribution in [3.63, 3.8) is 0 Å². The van der Waals surface area contributed by atoms with Gasteiger partial charge < -0.3 is 24.6 Å². The third-order valence-electron chi connectivity index (χ3n) is 5.09. The van der Waals surface area contributed by atoms with Crippen molar-refractivity contribution in [3.05, 3.63) is 59.7 Å². The molecule has 0 bridgehead atoms. The third-order valence-corrected chi connectivity index (χ3v) is 5.09. The molecule has 2 N–H and O–H groups in total. The first-order chi connectivity index (χ1) is 13.1. The summed E-state index contributed by atoms with van der Waals surface area (Å²) in [5.41, 5.74) is 1.87. The number of nitrogens with zero attached hydrogens (tertiary/aromatic N) is 1. The van der Waals surface area contributed by atoms with Gasteiger partial charge in [-0.1, -0.05) is 36.4 Å². The molecule has 0 radical (unpaired) electrons. The second-order valence-electron chi connectivity index (χ2n) is 6.81. The van der Waals surface area contributed by atoms with E-state index in [2.05, 4.69) is 0 Å². The second kappa shape index (κ2) is 8.77. The summed E-state index contributed by atoms with van der Waals surface area (Å²) in [6, 6.07) is 15.1. The fourth-order valence-electron chi connectivity index (χ4n) is 3.64. The van der Waals surface area contributed by atoms with E-state index in [0.29, 0.717) is 32.1 Å². The minimum absolute atomic E-state index is 0.0627. The highest BCUT2D eigenvalue weighted by Gasteiger charge is 2.37. The molecule has 1 amide bonds. The van der Waals surface area contributed by atoms with Gasteiger partial charge in [0.2, 0.25) is 0 Å². The quantitative estimate of drug-likeness (QED) is 0.726. The molecule has 0 spiro atoms. The third kappa shape index (κ3) is 4.71. The fraction of sp³-hybridized carbons (Fsp3) is 0.381. The van der Waals surface area contributed by atoms with Crippen LogP contribution < -0.4 is 4.74 Å². The van der Waals surface area contributed by atoms with E-state index in [0.717, 1.165) is 17.5 Å². The molecule has 27 heavy (non-hydrogen) atoms. The Kier molecular flexibility index (Phi) is 6.19. The summed E-state index contributed by atoms with van der Waals surface area (Å²) in [5, 5.41) is 19.7. The molecular weight excluding hydrogens is 346 g/mol. The van der Waals surface area contributed by atoms with Crippen LogP contribution in [0.4, 0.5) is 4.79 Å². The van der Waals surface area contributed by atoms with Gasteiger partial charge in [0.05, 0.1) is 13.7 Å². The Balaban J connectivity index is 1.64. The lowest BCUT2D eigenvalue weighted by Crippen LogP contribution is -2.27. The minimum atomic E-state index is -0.930. The maximum Gasteiger partial charge on any atom is 0.407 e. The molecule has 6 heteroatoms. The summed E-state index contributed by atoms with van der Waals surface area (Å²) in [6.45, 7) is 1.90. The van der Waals surface area contributed by atoms with Gasteiger partial charge in [0.1, 0.15) is 11.5 Å². The Labute approximate surface area is 159 Å². The smallest absolute Gasteiger partial charge is 0.407 e. The molecule has 2 aromatic carbocycles. The number of methoxy groups -OCH3 is 1. The topological polar surface area (TPSA) is 79.2 Å². The van der Waals surface area contributed by atoms with Crippen LogP contribution in [0.5, 0.6) is 11.5 Å². The number of benzene rings is 2. The first-order valence-electron chi connectivity index (χ1n) is 9.05. The van der Waals surface area contributed by atoms with E-state index in [4.69, 9.17) is 9.47 Å². The number of likely N-dealkylation sites (tertiary alicyclic amines) is 1. The molecule has 1 heterocycles. The summed E-state index contributed by atoms with van der Waals surface area (Å²) in [6.07, 6.45) is -0.201. The molecule has 0 saturated carbocycles. The van der Waals surface area contributed by atoms with Crippen LogP contribution in [0.3, 0.4) is 0 Å². The fourth-order valence-corrected chi connectivity index (χ4v) is 3.64. The van der Waals surface area contributed by atoms with Crippen LogP contribution in [0.2, 0.25) is 0 Å². The van der Waals surface area contributed by atoms with E-state index in [1.54, 1.807) is 19.2 Å². The van der Waals surface area contributed by atoms with Gasteiger partial charge in [-0.05, 0) is 29.5 Å². The van der Waals surface area contributed by atoms with Gasteiger partial charge in [0.25, 0.3) is 0 Å². The van der Waals surface area contributed by atoms with Crippen molar-refractivity contribution in [2.24, 2.45) is 5.92 Å². The van der Waals surface area contributed by atoms with E-state index in [9.17, 15) is 15.0 Å². The number of hydrogen-bond acceptors (Lipinski definition) is 4. The Morgan fingerprint density at radius 3 is 2.63 bits per heavy atom. The molecule has 2 aromatic rings. The Bertz CT molecular complexity index is 764. The van der Waals surface area contributed by atoms with E-state index in [-0.39, 0.29) is 17.6 Å². The summed E-state index contributed by atoms with van der Waals surface area (Å²) < 4.78 is 10.9. The summed E-state index contributed by atoms with van der Waals surface area (Å²) in [7, 11) is 1.54. The molecular formula is C21H25NO5. The number of ether oxygens (including phenoxy) is 2. The second-order valence-corrected chi connectivity index (χ2v) is 6.81. The van der Waals surface area contributed by atoms with Gasteiger partial charge in [-0.2, -0.15) is 0 Å². The van der Waals surface area contributed by atoms with Gasteiger partial charge in [-0.3, -0.25) is 0 Å². The van der Waals surface area contributed by atoms with E-state index < -0.39 is 6.09 Å². The Morgan fingerprint density at radius 2 is 1.96 bits per heavy atom. The predicted molar refractivity (Wildman–Crippen MR) is 101 cm³/mol. The molecule has 0 aromatic heterocycles. The van der Waals surface area contributed by atoms with Crippen LogP contribution in [0.1, 0.15) is 23.5 Å². The van der Waals surface area contributed by atoms with E-state index in [1.807, 2.05) is 36.4 Å². The van der Waals surface area contributed by atoms with Crippen molar-refractivity contribution in [2.75, 3.05) is 26.8 Å². The maximum atomic E-state index is 11.4. The Hall–Kier alpha value is -2.73. The average molecular weight is 371 g/mol. The first-order valence-corrected chi connectivity index (χ1v) is 9.05. The molecule has 0 unspecified atom stereocenters. The lowest BCUT2D eigenvalue weighted by molar-refractivity contribution is 0.105. The SMILES string of the molecule is COc1ccc([C@@H]2CN(C(=O)O)C[C@H]2CCOCc2ccccc2)c(O)c1. The highest BCUT2D eigenvalue weighted by Crippen LogP contribution is 2.40. The molecule has 1 fully saturated rings. The van der Waals surface area contributed by atoms with Gasteiger partial charge >= 0.3 is 6.09 Å². The number of carboxylic acid groups (broad SMARTS) is 1. The minimum Gasteiger partial charge on any atom is -0.508 e. The van der Waals surface area contributed by atoms with Crippen molar-refractivity contribution in [2.45, 2.75) is 18.9 Å². The molecule has 1 aliphatic rings. The summed E-state index contributed by atoms with van der Waals surface area (Å²) in [5.74, 6) is 0.748. The van der Waals surface area contributed by atoms with Crippen molar-refractivity contribution >= 4 is 6.09 Å². The zero-order valence-electron chi connectivity index (χ0n) is 15.4. The lowest BCUT2D eigenvalue weighted by atomic mass is 9.86. The van der Waals surface area contributed by atoms with Crippen LogP contribution in [-0.2, 0) is 11.3 Å². The van der Waals surface area contributed by atoms with E-state index in [1.165, 1.54) is 4.90 Å². The molecule has 6 nitrogen and oxygen atoms in total. The highest BCUT2D eigenvalue weighted by molar-refractivity contribution is 5.65. The molecule has 0 aliphatic carbocycles. The van der Waals surface area contributed by atoms with Gasteiger partial charge in [-0.15, -0.1) is 0 Å². The molecule has 3 rings (SSSR count). The molecule has 2 atom stereocenters. The van der Waals surface area contributed by atoms with Gasteiger partial charge in [0, 0.05) is 31.7 Å². The van der Waals surface area contributed by atoms with Crippen LogP contribution >= 0.6 is 0 Å². The zero-order chi connectivity index (χ0) is 19.2. The molecule has 144 valence electrons. The molecule has 1 aliphatic heterocycles. The average Bonchev–Trinajstić information content (AvgIpc) is 3.10. The van der Waals surface area contributed by atoms with Gasteiger partial charge in [0.15, 0.2) is 0 Å². The lowest BCUT2D eigenvalue weighted by Gasteiger charge is -2.20. The van der Waals surface area contributed by atoms with Crippen molar-refractivity contribution < 1.29 is 24.5 Å². The normalized spacial score (nSPS) is 19.2. The van der Waals surface area contributed by atoms with Crippen LogP contribution in [0.25, 0.3) is 0 Å². The van der Waals surface area contributed by atoms with Crippen LogP contribution in [-0.4, -0.2) is 48.0 Å². The zero-order valence-corrected chi connectivity index (χ0v) is 15.4. The first kappa shape index (κ1) is 19.0. The molecule has 1 saturated heterocycles. The van der Waals surface area contributed by atoms with Crippen LogP contribution in [0, 0.1) is 5.92 Å². The van der Waals surface area contributed by atoms with E-state index >= 15 is 0 Å². The summed E-state index contributed by atoms with van der Waals surface area (Å²) >= 11 is 0. The van der Waals surface area contributed by atoms with Gasteiger partial charge in [-0.25, -0.2) is 4.79 Å². The maximum absolute atomic E-state index is 11.4. The number of carbonyl (C=O) groups is 1. The number of phenolic OH excluding ortho intramolecular Hbond substituents is 1. The number of aromatic hydroxyl groups is 1. The standard InChI is InChI=1S/C21H25NO5/c1-26-17-7-8-18(20(23)11-17)19-13-22(21(24)25)12-16(19)9-10-27-14-15-5-3-2-4-6-15/h2-8,11,16,19,23H,9-10,12-14H2,1H3,(H,24,25)/t16-,19-/m1/s1. The number of hydrogen-bond donors (Lipinski definition) is 2. The number of phenols is 1.